The Bertz CT molecular complexity index is 894. The molecule has 3 amide bonds. The minimum Gasteiger partial charge on any atom is -0.377 e. The quantitative estimate of drug-likeness (QED) is 0.386. The molecular weight excluding hydrogens is 362 g/mol. The van der Waals surface area contributed by atoms with Crippen LogP contribution >= 0.6 is 0 Å². The highest BCUT2D eigenvalue weighted by molar-refractivity contribution is 6.08. The summed E-state index contributed by atoms with van der Waals surface area (Å²) < 4.78 is 0. The lowest BCUT2D eigenvalue weighted by atomic mass is 10.1. The van der Waals surface area contributed by atoms with E-state index >= 15 is 0 Å². The van der Waals surface area contributed by atoms with Crippen molar-refractivity contribution < 1.29 is 14.5 Å². The molecule has 0 bridgehead atoms. The minimum atomic E-state index is -0.548. The van der Waals surface area contributed by atoms with Crippen LogP contribution in [0, 0.1) is 10.1 Å². The van der Waals surface area contributed by atoms with Crippen LogP contribution < -0.4 is 20.9 Å². The average Bonchev–Trinajstić information content (AvgIpc) is 2.67. The molecule has 0 spiro atoms. The van der Waals surface area contributed by atoms with Crippen LogP contribution in [0.15, 0.2) is 55.1 Å². The van der Waals surface area contributed by atoms with Gasteiger partial charge in [-0.2, -0.15) is 0 Å². The summed E-state index contributed by atoms with van der Waals surface area (Å²) in [6.07, 6.45) is 1.56. The standard InChI is InChI=1S/C19H21N5O4/c1-4-11-20-19(26)22-14-7-5-13(6-8-14)21-18(25)16-12-15(24(27)28)9-10-17(16)23(2)3/h4-10,12H,1,11H2,2-3H3,(H,21,25)(H2,20,22,26). The zero-order valence-electron chi connectivity index (χ0n) is 15.6. The lowest BCUT2D eigenvalue weighted by Gasteiger charge is -2.17. The van der Waals surface area contributed by atoms with Crippen molar-refractivity contribution >= 4 is 34.7 Å². The van der Waals surface area contributed by atoms with Gasteiger partial charge in [-0.3, -0.25) is 14.9 Å². The van der Waals surface area contributed by atoms with Crippen LogP contribution in [0.2, 0.25) is 0 Å². The zero-order valence-corrected chi connectivity index (χ0v) is 15.6. The smallest absolute Gasteiger partial charge is 0.319 e. The highest BCUT2D eigenvalue weighted by Gasteiger charge is 2.18. The molecule has 2 rings (SSSR count). The molecule has 0 unspecified atom stereocenters. The van der Waals surface area contributed by atoms with Gasteiger partial charge in [-0.15, -0.1) is 6.58 Å². The summed E-state index contributed by atoms with van der Waals surface area (Å²) in [5.74, 6) is -0.475. The lowest BCUT2D eigenvalue weighted by Crippen LogP contribution is -2.28. The molecule has 3 N–H and O–H groups in total. The summed E-state index contributed by atoms with van der Waals surface area (Å²) in [5, 5.41) is 19.0. The molecule has 0 heterocycles. The number of nitro benzene ring substituents is 1. The van der Waals surface area contributed by atoms with E-state index in [-0.39, 0.29) is 17.3 Å². The van der Waals surface area contributed by atoms with E-state index in [0.29, 0.717) is 23.6 Å². The number of anilines is 3. The maximum Gasteiger partial charge on any atom is 0.319 e. The fourth-order valence-electron chi connectivity index (χ4n) is 2.38. The van der Waals surface area contributed by atoms with E-state index in [1.807, 2.05) is 0 Å². The average molecular weight is 383 g/mol. The van der Waals surface area contributed by atoms with Crippen molar-refractivity contribution in [3.05, 3.63) is 70.8 Å². The zero-order chi connectivity index (χ0) is 20.7. The third-order valence-electron chi connectivity index (χ3n) is 3.72. The topological polar surface area (TPSA) is 117 Å². The molecule has 0 aliphatic rings. The Kier molecular flexibility index (Phi) is 6.69. The molecule has 0 fully saturated rings. The Morgan fingerprint density at radius 3 is 2.25 bits per heavy atom. The van der Waals surface area contributed by atoms with Gasteiger partial charge in [-0.1, -0.05) is 6.08 Å². The van der Waals surface area contributed by atoms with E-state index < -0.39 is 10.8 Å². The predicted octanol–water partition coefficient (Wildman–Crippen LogP) is 3.22. The van der Waals surface area contributed by atoms with Gasteiger partial charge < -0.3 is 20.9 Å². The first-order valence-corrected chi connectivity index (χ1v) is 8.34. The molecule has 0 radical (unpaired) electrons. The van der Waals surface area contributed by atoms with Crippen LogP contribution in [0.3, 0.4) is 0 Å². The van der Waals surface area contributed by atoms with Crippen molar-refractivity contribution in [2.75, 3.05) is 36.2 Å². The first-order chi connectivity index (χ1) is 13.3. The molecule has 0 atom stereocenters. The number of carbonyl (C=O) groups is 2. The molecule has 0 saturated carbocycles. The molecule has 0 aliphatic carbocycles. The first-order valence-electron chi connectivity index (χ1n) is 8.34. The summed E-state index contributed by atoms with van der Waals surface area (Å²) in [5.41, 5.74) is 1.61. The monoisotopic (exact) mass is 383 g/mol. The SMILES string of the molecule is C=CCNC(=O)Nc1ccc(NC(=O)c2cc([N+](=O)[O-])ccc2N(C)C)cc1. The number of hydrogen-bond acceptors (Lipinski definition) is 5. The maximum atomic E-state index is 12.6. The summed E-state index contributed by atoms with van der Waals surface area (Å²) >= 11 is 0. The Morgan fingerprint density at radius 1 is 1.11 bits per heavy atom. The Morgan fingerprint density at radius 2 is 1.71 bits per heavy atom. The highest BCUT2D eigenvalue weighted by atomic mass is 16.6. The second-order valence-electron chi connectivity index (χ2n) is 6.01. The number of benzene rings is 2. The van der Waals surface area contributed by atoms with Crippen LogP contribution in [-0.4, -0.2) is 37.5 Å². The van der Waals surface area contributed by atoms with E-state index in [1.165, 1.54) is 18.2 Å². The largest absolute Gasteiger partial charge is 0.377 e. The molecule has 0 saturated heterocycles. The van der Waals surface area contributed by atoms with Crippen LogP contribution in [0.5, 0.6) is 0 Å². The second-order valence-corrected chi connectivity index (χ2v) is 6.01. The first kappa shape index (κ1) is 20.4. The van der Waals surface area contributed by atoms with Crippen molar-refractivity contribution in [3.8, 4) is 0 Å². The Hall–Kier alpha value is -3.88. The van der Waals surface area contributed by atoms with Gasteiger partial charge in [0.15, 0.2) is 0 Å². The van der Waals surface area contributed by atoms with E-state index in [1.54, 1.807) is 49.3 Å². The number of urea groups is 1. The van der Waals surface area contributed by atoms with Gasteiger partial charge in [0.05, 0.1) is 10.5 Å². The lowest BCUT2D eigenvalue weighted by molar-refractivity contribution is -0.384. The van der Waals surface area contributed by atoms with E-state index in [2.05, 4.69) is 22.5 Å². The van der Waals surface area contributed by atoms with Crippen LogP contribution in [0.4, 0.5) is 27.5 Å². The predicted molar refractivity (Wildman–Crippen MR) is 109 cm³/mol. The maximum absolute atomic E-state index is 12.6. The summed E-state index contributed by atoms with van der Waals surface area (Å²) in [7, 11) is 3.49. The number of carbonyl (C=O) groups excluding carboxylic acids is 2. The fraction of sp³-hybridized carbons (Fsp3) is 0.158. The number of hydrogen-bond donors (Lipinski definition) is 3. The number of non-ortho nitro benzene ring substituents is 1. The molecular formula is C19H21N5O4. The van der Waals surface area contributed by atoms with Crippen LogP contribution in [-0.2, 0) is 0 Å². The fourth-order valence-corrected chi connectivity index (χ4v) is 2.38. The number of rotatable bonds is 7. The number of nitrogens with one attached hydrogen (secondary N) is 3. The second kappa shape index (κ2) is 9.17. The van der Waals surface area contributed by atoms with Gasteiger partial charge in [-0.25, -0.2) is 4.79 Å². The molecule has 0 aliphatic heterocycles. The number of nitro groups is 1. The van der Waals surface area contributed by atoms with E-state index in [4.69, 9.17) is 0 Å². The highest BCUT2D eigenvalue weighted by Crippen LogP contribution is 2.25. The van der Waals surface area contributed by atoms with Gasteiger partial charge in [0, 0.05) is 49.8 Å². The van der Waals surface area contributed by atoms with Gasteiger partial charge in [-0.05, 0) is 30.3 Å². The Labute approximate surface area is 162 Å². The molecule has 146 valence electrons. The van der Waals surface area contributed by atoms with E-state index in [0.717, 1.165) is 0 Å². The van der Waals surface area contributed by atoms with Crippen LogP contribution in [0.25, 0.3) is 0 Å². The minimum absolute atomic E-state index is 0.166. The van der Waals surface area contributed by atoms with Crippen molar-refractivity contribution in [2.24, 2.45) is 0 Å². The molecule has 2 aromatic rings. The van der Waals surface area contributed by atoms with E-state index in [9.17, 15) is 19.7 Å². The van der Waals surface area contributed by atoms with Gasteiger partial charge in [0.1, 0.15) is 0 Å². The molecule has 0 aromatic heterocycles. The number of nitrogens with zero attached hydrogens (tertiary/aromatic N) is 2. The normalized spacial score (nSPS) is 9.93. The molecule has 2 aromatic carbocycles. The van der Waals surface area contributed by atoms with Crippen LogP contribution in [0.1, 0.15) is 10.4 Å². The summed E-state index contributed by atoms with van der Waals surface area (Å²) in [6, 6.07) is 10.2. The van der Waals surface area contributed by atoms with Gasteiger partial charge in [0.2, 0.25) is 0 Å². The van der Waals surface area contributed by atoms with Crippen molar-refractivity contribution in [1.29, 1.82) is 0 Å². The van der Waals surface area contributed by atoms with Gasteiger partial charge in [0.25, 0.3) is 11.6 Å². The van der Waals surface area contributed by atoms with Crippen molar-refractivity contribution in [3.63, 3.8) is 0 Å². The van der Waals surface area contributed by atoms with Crippen molar-refractivity contribution in [2.45, 2.75) is 0 Å². The third-order valence-corrected chi connectivity index (χ3v) is 3.72. The molecule has 9 nitrogen and oxygen atoms in total. The van der Waals surface area contributed by atoms with Crippen molar-refractivity contribution in [1.82, 2.24) is 5.32 Å². The summed E-state index contributed by atoms with van der Waals surface area (Å²) in [6.45, 7) is 3.86. The van der Waals surface area contributed by atoms with Gasteiger partial charge >= 0.3 is 6.03 Å². The Balaban J connectivity index is 2.14. The third kappa shape index (κ3) is 5.31. The summed E-state index contributed by atoms with van der Waals surface area (Å²) in [4.78, 5) is 36.4. The number of amides is 3. The molecule has 9 heteroatoms. The molecule has 28 heavy (non-hydrogen) atoms.